The molecule has 232 valence electrons. The van der Waals surface area contributed by atoms with E-state index in [9.17, 15) is 0 Å². The molecule has 0 unspecified atom stereocenters. The standard InChI is InChI=1S/2C17H25OP.2ClH.Pd/c2*1-18-16-12-6-7-13-17(16)19(14-8-2-3-9-14)15-10-4-5-11-15;;;/h2*6-7,12-15H,2-5,8-11H2,1H3;2*1H;/q;;;;+2. The summed E-state index contributed by atoms with van der Waals surface area (Å²) < 4.78 is 11.3. The first-order valence-electron chi connectivity index (χ1n) is 16.0. The number of hydrogen-bond acceptors (Lipinski definition) is 2. The number of para-hydroxylation sites is 2. The summed E-state index contributed by atoms with van der Waals surface area (Å²) >= 11 is -0.106. The van der Waals surface area contributed by atoms with Crippen molar-refractivity contribution >= 4 is 45.5 Å². The van der Waals surface area contributed by atoms with Gasteiger partial charge in [0, 0.05) is 15.8 Å². The van der Waals surface area contributed by atoms with Gasteiger partial charge in [0.2, 0.25) is 0 Å². The molecule has 0 spiro atoms. The summed E-state index contributed by atoms with van der Waals surface area (Å²) in [4.78, 5) is 0. The third kappa shape index (κ3) is 9.56. The van der Waals surface area contributed by atoms with Crippen LogP contribution in [0.1, 0.15) is 103 Å². The Kier molecular flexibility index (Phi) is 15.6. The molecule has 2 nitrogen and oxygen atoms in total. The normalized spacial score (nSPS) is 20.3. The van der Waals surface area contributed by atoms with Crippen molar-refractivity contribution in [2.45, 2.75) is 125 Å². The molecule has 0 amide bonds. The Balaban J connectivity index is 0.000000173. The average Bonchev–Trinajstić information content (AvgIpc) is 3.84. The first-order chi connectivity index (χ1) is 20.2. The maximum absolute atomic E-state index is 5.67. The van der Waals surface area contributed by atoms with Crippen molar-refractivity contribution in [1.29, 1.82) is 0 Å². The predicted octanol–water partition coefficient (Wildman–Crippen LogP) is 10.2. The zero-order valence-electron chi connectivity index (χ0n) is 25.1. The molecule has 2 aromatic rings. The van der Waals surface area contributed by atoms with Gasteiger partial charge < -0.3 is 9.47 Å². The van der Waals surface area contributed by atoms with E-state index in [0.717, 1.165) is 34.1 Å². The Morgan fingerprint density at radius 1 is 0.512 bits per heavy atom. The van der Waals surface area contributed by atoms with E-state index >= 15 is 0 Å². The van der Waals surface area contributed by atoms with Gasteiger partial charge in [0.1, 0.15) is 10.6 Å². The SMILES string of the molecule is COc1ccccc1[PH+](C1CCCC1)C1CCCC1.COc1ccccc1[PH+](C1CCCC1)C1CCCC1.[Cl][Pd][Cl]. The zero-order valence-corrected chi connectivity index (χ0v) is 30.2. The van der Waals surface area contributed by atoms with Gasteiger partial charge in [-0.15, -0.1) is 0 Å². The topological polar surface area (TPSA) is 18.5 Å². The van der Waals surface area contributed by atoms with E-state index in [-0.39, 0.29) is 15.9 Å². The fraction of sp³-hybridized carbons (Fsp3) is 0.647. The summed E-state index contributed by atoms with van der Waals surface area (Å²) in [5, 5.41) is 3.18. The monoisotopic (exact) mass is 730 g/mol. The van der Waals surface area contributed by atoms with Crippen LogP contribution < -0.4 is 20.1 Å². The van der Waals surface area contributed by atoms with Crippen LogP contribution in [-0.2, 0) is 15.9 Å². The molecule has 0 heterocycles. The molecule has 4 fully saturated rings. The molecule has 0 aromatic heterocycles. The summed E-state index contributed by atoms with van der Waals surface area (Å²) in [5.74, 6) is 2.32. The molecule has 0 bridgehead atoms. The summed E-state index contributed by atoms with van der Waals surface area (Å²) in [6.45, 7) is 0. The quantitative estimate of drug-likeness (QED) is 0.199. The van der Waals surface area contributed by atoms with Crippen LogP contribution in [0.4, 0.5) is 0 Å². The number of hydrogen-bond donors (Lipinski definition) is 0. The molecule has 6 rings (SSSR count). The second kappa shape index (κ2) is 18.8. The second-order valence-corrected chi connectivity index (χ2v) is 20.8. The van der Waals surface area contributed by atoms with Gasteiger partial charge in [-0.2, -0.15) is 0 Å². The molecule has 0 N–H and O–H groups in total. The molecule has 41 heavy (non-hydrogen) atoms. The van der Waals surface area contributed by atoms with Crippen molar-refractivity contribution in [1.82, 2.24) is 0 Å². The van der Waals surface area contributed by atoms with Crippen LogP contribution in [0.25, 0.3) is 0 Å². The second-order valence-electron chi connectivity index (χ2n) is 12.3. The Bertz CT molecular complexity index is 892. The molecule has 2 aromatic carbocycles. The van der Waals surface area contributed by atoms with Gasteiger partial charge in [-0.1, -0.05) is 24.3 Å². The van der Waals surface area contributed by atoms with E-state index < -0.39 is 15.8 Å². The summed E-state index contributed by atoms with van der Waals surface area (Å²) in [6.07, 6.45) is 23.5. The minimum absolute atomic E-state index is 0.106. The van der Waals surface area contributed by atoms with Gasteiger partial charge in [0.05, 0.1) is 36.9 Å². The van der Waals surface area contributed by atoms with Crippen molar-refractivity contribution in [3.8, 4) is 11.5 Å². The van der Waals surface area contributed by atoms with E-state index in [2.05, 4.69) is 48.5 Å². The molecule has 0 atom stereocenters. The molecule has 4 saturated carbocycles. The van der Waals surface area contributed by atoms with E-state index in [0.29, 0.717) is 0 Å². The molecule has 4 aliphatic carbocycles. The van der Waals surface area contributed by atoms with E-state index in [1.807, 2.05) is 14.2 Å². The van der Waals surface area contributed by atoms with Crippen molar-refractivity contribution in [2.75, 3.05) is 14.2 Å². The predicted molar refractivity (Wildman–Crippen MR) is 183 cm³/mol. The van der Waals surface area contributed by atoms with Crippen LogP contribution in [0.2, 0.25) is 0 Å². The van der Waals surface area contributed by atoms with E-state index in [1.165, 1.54) is 103 Å². The Hall–Kier alpha value is 0.142. The molecule has 4 aliphatic rings. The van der Waals surface area contributed by atoms with Crippen LogP contribution in [0, 0.1) is 0 Å². The number of benzene rings is 2. The van der Waals surface area contributed by atoms with Crippen molar-refractivity contribution in [2.24, 2.45) is 0 Å². The van der Waals surface area contributed by atoms with Gasteiger partial charge in [0.15, 0.2) is 11.5 Å². The fourth-order valence-electron chi connectivity index (χ4n) is 8.26. The van der Waals surface area contributed by atoms with E-state index in [1.54, 1.807) is 10.6 Å². The average molecular weight is 732 g/mol. The van der Waals surface area contributed by atoms with Crippen molar-refractivity contribution in [3.05, 3.63) is 48.5 Å². The van der Waals surface area contributed by atoms with Crippen LogP contribution in [0.3, 0.4) is 0 Å². The van der Waals surface area contributed by atoms with Crippen LogP contribution in [-0.4, -0.2) is 36.9 Å². The fourth-order valence-corrected chi connectivity index (χ4v) is 17.0. The van der Waals surface area contributed by atoms with Gasteiger partial charge in [0.25, 0.3) is 0 Å². The summed E-state index contributed by atoms with van der Waals surface area (Å²) in [6, 6.07) is 17.7. The van der Waals surface area contributed by atoms with Crippen LogP contribution >= 0.6 is 34.9 Å². The third-order valence-electron chi connectivity index (χ3n) is 10.0. The number of methoxy groups -OCH3 is 2. The van der Waals surface area contributed by atoms with Crippen molar-refractivity contribution < 1.29 is 25.4 Å². The minimum atomic E-state index is -0.444. The van der Waals surface area contributed by atoms with E-state index in [4.69, 9.17) is 28.5 Å². The first kappa shape index (κ1) is 34.0. The maximum atomic E-state index is 5.67. The summed E-state index contributed by atoms with van der Waals surface area (Å²) in [7, 11) is 12.4. The zero-order chi connectivity index (χ0) is 28.9. The van der Waals surface area contributed by atoms with Gasteiger partial charge in [-0.25, -0.2) is 0 Å². The molecular weight excluding hydrogens is 680 g/mol. The molecule has 0 saturated heterocycles. The van der Waals surface area contributed by atoms with Gasteiger partial charge >= 0.3 is 35.0 Å². The first-order valence-corrected chi connectivity index (χ1v) is 23.4. The van der Waals surface area contributed by atoms with Crippen LogP contribution in [0.5, 0.6) is 11.5 Å². The molecule has 0 aliphatic heterocycles. The molecule has 0 radical (unpaired) electrons. The van der Waals surface area contributed by atoms with Crippen LogP contribution in [0.15, 0.2) is 48.5 Å². The Morgan fingerprint density at radius 3 is 1.00 bits per heavy atom. The molecular formula is C34H52Cl2O2P2Pd+2. The number of ether oxygens (including phenoxy) is 2. The Labute approximate surface area is 269 Å². The van der Waals surface area contributed by atoms with Gasteiger partial charge in [-0.3, -0.25) is 0 Å². The Morgan fingerprint density at radius 2 is 0.756 bits per heavy atom. The number of halogens is 2. The summed E-state index contributed by atoms with van der Waals surface area (Å²) in [5.41, 5.74) is 4.02. The van der Waals surface area contributed by atoms with Crippen molar-refractivity contribution in [3.63, 3.8) is 0 Å². The molecule has 7 heteroatoms. The third-order valence-corrected chi connectivity index (χ3v) is 17.9. The number of rotatable bonds is 8. The van der Waals surface area contributed by atoms with Gasteiger partial charge in [-0.05, 0) is 127 Å².